The second-order valence-corrected chi connectivity index (χ2v) is 7.09. The number of carbonyl (C=O) groups excluding carboxylic acids is 1. The maximum Gasteiger partial charge on any atom is 0.288 e. The number of amides is 1. The quantitative estimate of drug-likeness (QED) is 0.818. The number of rotatable bonds is 6. The molecule has 128 valence electrons. The van der Waals surface area contributed by atoms with Crippen molar-refractivity contribution in [1.82, 2.24) is 4.90 Å². The zero-order valence-electron chi connectivity index (χ0n) is 14.8. The maximum absolute atomic E-state index is 12.3. The zero-order chi connectivity index (χ0) is 16.9. The third-order valence-corrected chi connectivity index (χ3v) is 4.03. The van der Waals surface area contributed by atoms with Gasteiger partial charge in [-0.3, -0.25) is 4.79 Å². The lowest BCUT2D eigenvalue weighted by Crippen LogP contribution is -2.43. The highest BCUT2D eigenvalue weighted by molar-refractivity contribution is 5.91. The first-order chi connectivity index (χ1) is 10.2. The Kier molecular flexibility index (Phi) is 6.88. The summed E-state index contributed by atoms with van der Waals surface area (Å²) in [7, 11) is 3.43. The Balaban J connectivity index is 3.14. The van der Waals surface area contributed by atoms with Gasteiger partial charge in [0.1, 0.15) is 0 Å². The van der Waals surface area contributed by atoms with E-state index < -0.39 is 6.29 Å². The molecule has 0 unspecified atom stereocenters. The first-order valence-electron chi connectivity index (χ1n) is 8.05. The molecule has 0 fully saturated rings. The molecule has 0 aliphatic carbocycles. The smallest absolute Gasteiger partial charge is 0.288 e. The van der Waals surface area contributed by atoms with Crippen molar-refractivity contribution < 1.29 is 19.4 Å². The number of likely N-dealkylation sites (N-methyl/N-ethyl adjacent to an activating group) is 1. The summed E-state index contributed by atoms with van der Waals surface area (Å²) in [5.74, 6) is 0.511. The van der Waals surface area contributed by atoms with Crippen LogP contribution in [0.25, 0.3) is 0 Å². The molecule has 1 N–H and O–H groups in total. The lowest BCUT2D eigenvalue weighted by Gasteiger charge is -2.42. The van der Waals surface area contributed by atoms with E-state index in [1.807, 2.05) is 13.0 Å². The van der Waals surface area contributed by atoms with Gasteiger partial charge in [-0.05, 0) is 37.2 Å². The van der Waals surface area contributed by atoms with E-state index in [0.717, 1.165) is 6.42 Å². The van der Waals surface area contributed by atoms with Crippen molar-refractivity contribution in [2.75, 3.05) is 27.3 Å². The molecule has 1 aliphatic heterocycles. The molecule has 0 aromatic rings. The Morgan fingerprint density at radius 1 is 1.41 bits per heavy atom. The van der Waals surface area contributed by atoms with Crippen LogP contribution < -0.4 is 0 Å². The largest absolute Gasteiger partial charge is 0.459 e. The molecule has 0 aromatic heterocycles. The molecular formula is C17H31NO4. The van der Waals surface area contributed by atoms with Gasteiger partial charge in [-0.15, -0.1) is 0 Å². The van der Waals surface area contributed by atoms with Gasteiger partial charge in [-0.25, -0.2) is 0 Å². The van der Waals surface area contributed by atoms with Gasteiger partial charge in [0.2, 0.25) is 6.29 Å². The van der Waals surface area contributed by atoms with Crippen molar-refractivity contribution >= 4 is 5.91 Å². The van der Waals surface area contributed by atoms with Gasteiger partial charge in [-0.1, -0.05) is 20.8 Å². The minimum absolute atomic E-state index is 0.0168. The van der Waals surface area contributed by atoms with E-state index in [4.69, 9.17) is 14.6 Å². The van der Waals surface area contributed by atoms with Crippen LogP contribution in [0.2, 0.25) is 0 Å². The number of ether oxygens (including phenoxy) is 2. The summed E-state index contributed by atoms with van der Waals surface area (Å²) in [5.41, 5.74) is -0.0168. The number of nitrogens with zero attached hydrogens (tertiary/aromatic N) is 1. The van der Waals surface area contributed by atoms with E-state index in [2.05, 4.69) is 20.8 Å². The summed E-state index contributed by atoms with van der Waals surface area (Å²) < 4.78 is 11.6. The molecule has 5 nitrogen and oxygen atoms in total. The van der Waals surface area contributed by atoms with Crippen molar-refractivity contribution in [2.24, 2.45) is 17.3 Å². The van der Waals surface area contributed by atoms with Crippen LogP contribution in [0.3, 0.4) is 0 Å². The fourth-order valence-electron chi connectivity index (χ4n) is 2.91. The van der Waals surface area contributed by atoms with E-state index in [1.165, 1.54) is 4.90 Å². The average Bonchev–Trinajstić information content (AvgIpc) is 2.43. The second-order valence-electron chi connectivity index (χ2n) is 7.09. The molecule has 1 aliphatic rings. The van der Waals surface area contributed by atoms with Crippen LogP contribution >= 0.6 is 0 Å². The molecule has 22 heavy (non-hydrogen) atoms. The van der Waals surface area contributed by atoms with Crippen molar-refractivity contribution in [3.63, 3.8) is 0 Å². The summed E-state index contributed by atoms with van der Waals surface area (Å²) in [6.07, 6.45) is 3.02. The zero-order valence-corrected chi connectivity index (χ0v) is 14.8. The number of carbonyl (C=O) groups is 1. The highest BCUT2D eigenvalue weighted by atomic mass is 16.7. The van der Waals surface area contributed by atoms with E-state index in [-0.39, 0.29) is 29.8 Å². The van der Waals surface area contributed by atoms with Crippen molar-refractivity contribution in [3.05, 3.63) is 11.8 Å². The molecule has 0 aromatic carbocycles. The van der Waals surface area contributed by atoms with Gasteiger partial charge in [0.05, 0.1) is 0 Å². The molecule has 1 rings (SSSR count). The minimum Gasteiger partial charge on any atom is -0.459 e. The van der Waals surface area contributed by atoms with Gasteiger partial charge in [-0.2, -0.15) is 0 Å². The fourth-order valence-corrected chi connectivity index (χ4v) is 2.91. The molecule has 1 amide bonds. The van der Waals surface area contributed by atoms with Gasteiger partial charge in [0, 0.05) is 33.2 Å². The average molecular weight is 313 g/mol. The van der Waals surface area contributed by atoms with Crippen LogP contribution in [-0.2, 0) is 14.3 Å². The molecule has 0 bridgehead atoms. The number of hydrogen-bond donors (Lipinski definition) is 1. The Hall–Kier alpha value is -1.07. The molecule has 5 heteroatoms. The van der Waals surface area contributed by atoms with Crippen LogP contribution in [-0.4, -0.2) is 49.5 Å². The fraction of sp³-hybridized carbons (Fsp3) is 0.824. The number of aliphatic hydroxyl groups is 1. The van der Waals surface area contributed by atoms with Gasteiger partial charge in [0.15, 0.2) is 5.76 Å². The summed E-state index contributed by atoms with van der Waals surface area (Å²) in [6, 6.07) is 0. The molecular weight excluding hydrogens is 282 g/mol. The molecule has 0 saturated heterocycles. The SMILES string of the molecule is CCO[C@H]1OC(C(=O)N(C)C)=C[C@@H](C(C)(C)C)[C@@H]1CCCO. The maximum atomic E-state index is 12.3. The molecule has 0 spiro atoms. The van der Waals surface area contributed by atoms with Crippen molar-refractivity contribution in [3.8, 4) is 0 Å². The van der Waals surface area contributed by atoms with Crippen molar-refractivity contribution in [1.29, 1.82) is 0 Å². The number of allylic oxidation sites excluding steroid dienone is 1. The highest BCUT2D eigenvalue weighted by Crippen LogP contribution is 2.42. The summed E-state index contributed by atoms with van der Waals surface area (Å²) in [6.45, 7) is 9.08. The first kappa shape index (κ1) is 19.0. The second kappa shape index (κ2) is 7.97. The van der Waals surface area contributed by atoms with Gasteiger partial charge < -0.3 is 19.5 Å². The predicted octanol–water partition coefficient (Wildman–Crippen LogP) is 2.40. The topological polar surface area (TPSA) is 59.0 Å². The van der Waals surface area contributed by atoms with E-state index in [0.29, 0.717) is 18.8 Å². The Morgan fingerprint density at radius 3 is 2.50 bits per heavy atom. The van der Waals surface area contributed by atoms with Gasteiger partial charge in [0.25, 0.3) is 5.91 Å². The first-order valence-corrected chi connectivity index (χ1v) is 8.05. The van der Waals surface area contributed by atoms with E-state index >= 15 is 0 Å². The Bertz CT molecular complexity index is 398. The van der Waals surface area contributed by atoms with Crippen molar-refractivity contribution in [2.45, 2.75) is 46.8 Å². The third-order valence-electron chi connectivity index (χ3n) is 4.03. The molecule has 3 atom stereocenters. The van der Waals surface area contributed by atoms with Crippen LogP contribution in [0, 0.1) is 17.3 Å². The van der Waals surface area contributed by atoms with Gasteiger partial charge >= 0.3 is 0 Å². The van der Waals surface area contributed by atoms with E-state index in [9.17, 15) is 4.79 Å². The minimum atomic E-state index is -0.440. The summed E-state index contributed by atoms with van der Waals surface area (Å²) in [5, 5.41) is 9.16. The predicted molar refractivity (Wildman–Crippen MR) is 86.0 cm³/mol. The molecule has 0 radical (unpaired) electrons. The van der Waals surface area contributed by atoms with Crippen LogP contribution in [0.4, 0.5) is 0 Å². The number of hydrogen-bond acceptors (Lipinski definition) is 4. The molecule has 1 heterocycles. The summed E-state index contributed by atoms with van der Waals surface area (Å²) >= 11 is 0. The summed E-state index contributed by atoms with van der Waals surface area (Å²) in [4.78, 5) is 13.8. The number of aliphatic hydroxyl groups excluding tert-OH is 1. The third kappa shape index (κ3) is 4.71. The van der Waals surface area contributed by atoms with E-state index in [1.54, 1.807) is 14.1 Å². The molecule has 0 saturated carbocycles. The normalized spacial score (nSPS) is 25.4. The van der Waals surface area contributed by atoms with Crippen LogP contribution in [0.5, 0.6) is 0 Å². The van der Waals surface area contributed by atoms with Crippen LogP contribution in [0.15, 0.2) is 11.8 Å². The van der Waals surface area contributed by atoms with Crippen LogP contribution in [0.1, 0.15) is 40.5 Å². The lowest BCUT2D eigenvalue weighted by atomic mass is 9.70. The lowest BCUT2D eigenvalue weighted by molar-refractivity contribution is -0.181. The standard InChI is InChI=1S/C17H31NO4/c1-7-21-16-12(9-8-10-19)13(17(2,3)4)11-14(22-16)15(20)18(5)6/h11-13,16,19H,7-10H2,1-6H3/t12-,13+,16-/m0/s1. The monoisotopic (exact) mass is 313 g/mol. The highest BCUT2D eigenvalue weighted by Gasteiger charge is 2.42. The Labute approximate surface area is 134 Å². The Morgan fingerprint density at radius 2 is 2.05 bits per heavy atom.